The highest BCUT2D eigenvalue weighted by molar-refractivity contribution is 7.15. The number of methoxy groups -OCH3 is 1. The van der Waals surface area contributed by atoms with Gasteiger partial charge in [-0.05, 0) is 43.7 Å². The Labute approximate surface area is 188 Å². The van der Waals surface area contributed by atoms with Crippen LogP contribution in [0.3, 0.4) is 0 Å². The molecule has 0 fully saturated rings. The van der Waals surface area contributed by atoms with Gasteiger partial charge in [0.25, 0.3) is 5.91 Å². The van der Waals surface area contributed by atoms with E-state index in [0.29, 0.717) is 21.5 Å². The van der Waals surface area contributed by atoms with E-state index >= 15 is 0 Å². The number of aromatic nitrogens is 4. The molecule has 158 valence electrons. The molecule has 31 heavy (non-hydrogen) atoms. The Hall–Kier alpha value is -3.23. The molecule has 0 atom stereocenters. The first-order valence-electron chi connectivity index (χ1n) is 9.54. The lowest BCUT2D eigenvalue weighted by atomic mass is 10.1. The third-order valence-electron chi connectivity index (χ3n) is 4.83. The number of nitrogens with zero attached hydrogens (tertiary/aromatic N) is 4. The number of amides is 1. The van der Waals surface area contributed by atoms with Crippen molar-refractivity contribution in [3.05, 3.63) is 81.1 Å². The molecule has 2 heterocycles. The molecule has 9 heteroatoms. The van der Waals surface area contributed by atoms with Gasteiger partial charge in [0.15, 0.2) is 10.8 Å². The van der Waals surface area contributed by atoms with Gasteiger partial charge >= 0.3 is 0 Å². The van der Waals surface area contributed by atoms with Crippen LogP contribution in [0.25, 0.3) is 5.69 Å². The molecule has 0 radical (unpaired) electrons. The molecule has 0 bridgehead atoms. The summed E-state index contributed by atoms with van der Waals surface area (Å²) in [6.07, 6.45) is 0.727. The molecular formula is C22H20ClN5O2S. The number of anilines is 1. The van der Waals surface area contributed by atoms with E-state index in [2.05, 4.69) is 20.6 Å². The van der Waals surface area contributed by atoms with Gasteiger partial charge < -0.3 is 4.74 Å². The fraction of sp³-hybridized carbons (Fsp3) is 0.182. The molecule has 4 rings (SSSR count). The Bertz CT molecular complexity index is 1230. The van der Waals surface area contributed by atoms with E-state index in [-0.39, 0.29) is 11.6 Å². The highest BCUT2D eigenvalue weighted by Crippen LogP contribution is 2.27. The summed E-state index contributed by atoms with van der Waals surface area (Å²) < 4.78 is 6.76. The lowest BCUT2D eigenvalue weighted by Gasteiger charge is -2.05. The number of aryl methyl sites for hydroxylation is 1. The number of thiazole rings is 1. The first kappa shape index (κ1) is 21.0. The van der Waals surface area contributed by atoms with E-state index in [9.17, 15) is 4.79 Å². The number of halogens is 1. The quantitative estimate of drug-likeness (QED) is 0.451. The molecule has 1 amide bonds. The maximum atomic E-state index is 12.8. The number of carbonyl (C=O) groups excluding carboxylic acids is 1. The fourth-order valence-electron chi connectivity index (χ4n) is 3.12. The minimum atomic E-state index is -0.361. The van der Waals surface area contributed by atoms with Crippen molar-refractivity contribution in [2.45, 2.75) is 20.3 Å². The molecule has 0 saturated carbocycles. The van der Waals surface area contributed by atoms with Crippen LogP contribution >= 0.6 is 22.9 Å². The van der Waals surface area contributed by atoms with Crippen molar-refractivity contribution in [3.63, 3.8) is 0 Å². The Morgan fingerprint density at radius 3 is 2.61 bits per heavy atom. The SMILES string of the molecule is COc1ccc(Cc2sc(NC(=O)c3nnn(-c4ccccc4Cl)c3C)nc2C)cc1. The Balaban J connectivity index is 1.50. The number of ether oxygens (including phenoxy) is 1. The number of para-hydroxylation sites is 1. The predicted molar refractivity (Wildman–Crippen MR) is 122 cm³/mol. The van der Waals surface area contributed by atoms with Crippen LogP contribution in [0, 0.1) is 13.8 Å². The lowest BCUT2D eigenvalue weighted by molar-refractivity contribution is 0.102. The van der Waals surface area contributed by atoms with Crippen molar-refractivity contribution in [1.82, 2.24) is 20.0 Å². The minimum absolute atomic E-state index is 0.226. The first-order valence-corrected chi connectivity index (χ1v) is 10.7. The largest absolute Gasteiger partial charge is 0.497 e. The van der Waals surface area contributed by atoms with Gasteiger partial charge in [0, 0.05) is 11.3 Å². The molecule has 0 spiro atoms. The zero-order valence-electron chi connectivity index (χ0n) is 17.2. The number of nitrogens with one attached hydrogen (secondary N) is 1. The topological polar surface area (TPSA) is 81.9 Å². The van der Waals surface area contributed by atoms with Crippen molar-refractivity contribution in [1.29, 1.82) is 0 Å². The summed E-state index contributed by atoms with van der Waals surface area (Å²) in [6, 6.07) is 15.2. The van der Waals surface area contributed by atoms with Gasteiger partial charge in [-0.3, -0.25) is 10.1 Å². The molecule has 0 aliphatic heterocycles. The van der Waals surface area contributed by atoms with Gasteiger partial charge in [0.1, 0.15) is 5.75 Å². The van der Waals surface area contributed by atoms with Crippen LogP contribution < -0.4 is 10.1 Å². The van der Waals surface area contributed by atoms with Gasteiger partial charge in [0.2, 0.25) is 0 Å². The smallest absolute Gasteiger partial charge is 0.279 e. The molecule has 1 N–H and O–H groups in total. The summed E-state index contributed by atoms with van der Waals surface area (Å²) in [5.74, 6) is 0.457. The van der Waals surface area contributed by atoms with Gasteiger partial charge in [-0.25, -0.2) is 9.67 Å². The van der Waals surface area contributed by atoms with E-state index in [1.807, 2.05) is 49.4 Å². The van der Waals surface area contributed by atoms with Crippen molar-refractivity contribution in [2.75, 3.05) is 12.4 Å². The Morgan fingerprint density at radius 2 is 1.90 bits per heavy atom. The molecule has 0 unspecified atom stereocenters. The highest BCUT2D eigenvalue weighted by Gasteiger charge is 2.20. The highest BCUT2D eigenvalue weighted by atomic mass is 35.5. The second kappa shape index (κ2) is 8.87. The van der Waals surface area contributed by atoms with Crippen molar-refractivity contribution >= 4 is 34.0 Å². The predicted octanol–water partition coefficient (Wildman–Crippen LogP) is 4.85. The van der Waals surface area contributed by atoms with Gasteiger partial charge in [-0.1, -0.05) is 41.1 Å². The van der Waals surface area contributed by atoms with E-state index in [1.54, 1.807) is 24.8 Å². The number of hydrogen-bond acceptors (Lipinski definition) is 6. The molecule has 7 nitrogen and oxygen atoms in total. The Morgan fingerprint density at radius 1 is 1.16 bits per heavy atom. The fourth-order valence-corrected chi connectivity index (χ4v) is 4.33. The molecule has 4 aromatic rings. The van der Waals surface area contributed by atoms with Crippen LogP contribution in [-0.2, 0) is 6.42 Å². The zero-order chi connectivity index (χ0) is 22.0. The van der Waals surface area contributed by atoms with Crippen molar-refractivity contribution in [3.8, 4) is 11.4 Å². The number of hydrogen-bond donors (Lipinski definition) is 1. The van der Waals surface area contributed by atoms with Gasteiger partial charge in [0.05, 0.1) is 29.2 Å². The van der Waals surface area contributed by atoms with Crippen LogP contribution in [0.15, 0.2) is 48.5 Å². The molecule has 2 aromatic heterocycles. The summed E-state index contributed by atoms with van der Waals surface area (Å²) in [4.78, 5) is 18.4. The van der Waals surface area contributed by atoms with E-state index in [0.717, 1.165) is 28.3 Å². The summed E-state index contributed by atoms with van der Waals surface area (Å²) in [7, 11) is 1.64. The average Bonchev–Trinajstić information content (AvgIpc) is 3.31. The van der Waals surface area contributed by atoms with Crippen molar-refractivity contribution in [2.24, 2.45) is 0 Å². The molecule has 2 aromatic carbocycles. The molecule has 0 saturated heterocycles. The van der Waals surface area contributed by atoms with E-state index in [4.69, 9.17) is 16.3 Å². The molecule has 0 aliphatic rings. The maximum Gasteiger partial charge on any atom is 0.279 e. The second-order valence-electron chi connectivity index (χ2n) is 6.89. The average molecular weight is 454 g/mol. The third-order valence-corrected chi connectivity index (χ3v) is 6.22. The first-order chi connectivity index (χ1) is 15.0. The normalized spacial score (nSPS) is 10.8. The van der Waals surface area contributed by atoms with Crippen molar-refractivity contribution < 1.29 is 9.53 Å². The van der Waals surface area contributed by atoms with E-state index < -0.39 is 0 Å². The van der Waals surface area contributed by atoms with Crippen LogP contribution in [0.2, 0.25) is 5.02 Å². The monoisotopic (exact) mass is 453 g/mol. The Kier molecular flexibility index (Phi) is 6.01. The third kappa shape index (κ3) is 4.45. The molecule has 0 aliphatic carbocycles. The zero-order valence-corrected chi connectivity index (χ0v) is 18.8. The van der Waals surface area contributed by atoms with Crippen LogP contribution in [-0.4, -0.2) is 33.0 Å². The number of benzene rings is 2. The van der Waals surface area contributed by atoms with Gasteiger partial charge in [-0.15, -0.1) is 16.4 Å². The summed E-state index contributed by atoms with van der Waals surface area (Å²) in [5, 5.41) is 12.0. The van der Waals surface area contributed by atoms with E-state index in [1.165, 1.54) is 11.3 Å². The minimum Gasteiger partial charge on any atom is -0.497 e. The molecular weight excluding hydrogens is 434 g/mol. The van der Waals surface area contributed by atoms with Crippen LogP contribution in [0.5, 0.6) is 5.75 Å². The number of rotatable bonds is 6. The van der Waals surface area contributed by atoms with Gasteiger partial charge in [-0.2, -0.15) is 0 Å². The summed E-state index contributed by atoms with van der Waals surface area (Å²) in [5.41, 5.74) is 3.51. The van der Waals surface area contributed by atoms with Crippen LogP contribution in [0.4, 0.5) is 5.13 Å². The summed E-state index contributed by atoms with van der Waals surface area (Å²) in [6.45, 7) is 3.71. The maximum absolute atomic E-state index is 12.8. The second-order valence-corrected chi connectivity index (χ2v) is 8.38. The standard InChI is InChI=1S/C22H20ClN5O2S/c1-13-19(12-15-8-10-16(30-3)11-9-15)31-22(24-13)25-21(29)20-14(2)28(27-26-20)18-7-5-4-6-17(18)23/h4-11H,12H2,1-3H3,(H,24,25,29). The summed E-state index contributed by atoms with van der Waals surface area (Å²) >= 11 is 7.70. The lowest BCUT2D eigenvalue weighted by Crippen LogP contribution is -2.14. The van der Waals surface area contributed by atoms with Crippen LogP contribution in [0.1, 0.15) is 32.3 Å². The number of carbonyl (C=O) groups is 1.